The zero-order valence-electron chi connectivity index (χ0n) is 10.3. The van der Waals surface area contributed by atoms with E-state index in [1.807, 2.05) is 0 Å². The molecule has 0 spiro atoms. The van der Waals surface area contributed by atoms with Crippen LogP contribution in [0, 0.1) is 0 Å². The second-order valence-corrected chi connectivity index (χ2v) is 5.43. The van der Waals surface area contributed by atoms with E-state index in [9.17, 15) is 18.1 Å². The van der Waals surface area contributed by atoms with Crippen LogP contribution in [0.1, 0.15) is 51.9 Å². The molecule has 0 aliphatic heterocycles. The van der Waals surface area contributed by atoms with E-state index in [0.717, 1.165) is 25.7 Å². The minimum Gasteiger partial charge on any atom is -0.748 e. The first-order valence-electron chi connectivity index (χ1n) is 5.57. The largest absolute Gasteiger partial charge is 1.00 e. The SMILES string of the molecule is CCCCC(O)CCCCCS(=O)(=O)[O-].[K+]. The third-order valence-corrected chi connectivity index (χ3v) is 3.11. The van der Waals surface area contributed by atoms with Gasteiger partial charge in [-0.2, -0.15) is 0 Å². The van der Waals surface area contributed by atoms with Crippen LogP contribution in [0.25, 0.3) is 0 Å². The number of aliphatic hydroxyl groups excluding tert-OH is 1. The third kappa shape index (κ3) is 15.5. The molecule has 0 aromatic heterocycles. The number of hydrogen-bond acceptors (Lipinski definition) is 4. The first-order chi connectivity index (χ1) is 6.95. The monoisotopic (exact) mass is 276 g/mol. The Morgan fingerprint density at radius 1 is 1.12 bits per heavy atom. The molecule has 0 saturated heterocycles. The molecule has 1 unspecified atom stereocenters. The van der Waals surface area contributed by atoms with E-state index in [2.05, 4.69) is 6.92 Å². The quantitative estimate of drug-likeness (QED) is 0.321. The van der Waals surface area contributed by atoms with Crippen LogP contribution < -0.4 is 51.4 Å². The number of unbranched alkanes of at least 4 members (excludes halogenated alkanes) is 3. The molecule has 0 radical (unpaired) electrons. The Morgan fingerprint density at radius 3 is 2.19 bits per heavy atom. The zero-order valence-corrected chi connectivity index (χ0v) is 14.3. The Bertz CT molecular complexity index is 241. The summed E-state index contributed by atoms with van der Waals surface area (Å²) in [6.07, 6.45) is 5.25. The molecule has 16 heavy (non-hydrogen) atoms. The van der Waals surface area contributed by atoms with Gasteiger partial charge >= 0.3 is 51.4 Å². The fourth-order valence-electron chi connectivity index (χ4n) is 1.42. The van der Waals surface area contributed by atoms with Crippen LogP contribution in [-0.4, -0.2) is 29.9 Å². The van der Waals surface area contributed by atoms with E-state index < -0.39 is 10.1 Å². The predicted octanol–water partition coefficient (Wildman–Crippen LogP) is -1.35. The topological polar surface area (TPSA) is 77.4 Å². The Kier molecular flexibility index (Phi) is 14.4. The van der Waals surface area contributed by atoms with Gasteiger partial charge in [0.05, 0.1) is 16.2 Å². The van der Waals surface area contributed by atoms with Crippen molar-refractivity contribution in [1.82, 2.24) is 0 Å². The van der Waals surface area contributed by atoms with Crippen molar-refractivity contribution in [2.75, 3.05) is 5.75 Å². The van der Waals surface area contributed by atoms with Crippen molar-refractivity contribution in [2.24, 2.45) is 0 Å². The molecular weight excluding hydrogens is 255 g/mol. The van der Waals surface area contributed by atoms with E-state index in [0.29, 0.717) is 19.3 Å². The summed E-state index contributed by atoms with van der Waals surface area (Å²) in [7, 11) is -4.05. The van der Waals surface area contributed by atoms with Crippen LogP contribution in [0.4, 0.5) is 0 Å². The van der Waals surface area contributed by atoms with Gasteiger partial charge in [-0.05, 0) is 19.3 Å². The fourth-order valence-corrected chi connectivity index (χ4v) is 1.98. The van der Waals surface area contributed by atoms with Gasteiger partial charge in [-0.3, -0.25) is 0 Å². The summed E-state index contributed by atoms with van der Waals surface area (Å²) in [6, 6.07) is 0. The molecule has 0 bridgehead atoms. The second kappa shape index (κ2) is 11.6. The number of aliphatic hydroxyl groups is 1. The van der Waals surface area contributed by atoms with Crippen molar-refractivity contribution in [1.29, 1.82) is 0 Å². The normalized spacial score (nSPS) is 13.2. The van der Waals surface area contributed by atoms with Gasteiger partial charge in [-0.15, -0.1) is 0 Å². The van der Waals surface area contributed by atoms with Crippen molar-refractivity contribution in [3.8, 4) is 0 Å². The molecule has 0 aromatic rings. The molecule has 6 heteroatoms. The Labute approximate surface area is 141 Å². The van der Waals surface area contributed by atoms with Crippen LogP contribution in [-0.2, 0) is 10.1 Å². The molecule has 0 saturated carbocycles. The van der Waals surface area contributed by atoms with Crippen LogP contribution in [0.5, 0.6) is 0 Å². The molecule has 0 aromatic carbocycles. The average Bonchev–Trinajstić information content (AvgIpc) is 2.12. The number of rotatable bonds is 9. The second-order valence-electron chi connectivity index (χ2n) is 3.91. The van der Waals surface area contributed by atoms with Crippen molar-refractivity contribution >= 4 is 10.1 Å². The maximum Gasteiger partial charge on any atom is 1.00 e. The smallest absolute Gasteiger partial charge is 0.748 e. The molecule has 4 nitrogen and oxygen atoms in total. The van der Waals surface area contributed by atoms with Crippen molar-refractivity contribution in [3.05, 3.63) is 0 Å². The van der Waals surface area contributed by atoms with Crippen molar-refractivity contribution in [3.63, 3.8) is 0 Å². The minimum atomic E-state index is -4.05. The summed E-state index contributed by atoms with van der Waals surface area (Å²) in [6.45, 7) is 2.08. The molecule has 0 heterocycles. The summed E-state index contributed by atoms with van der Waals surface area (Å²) in [5.41, 5.74) is 0. The summed E-state index contributed by atoms with van der Waals surface area (Å²) >= 11 is 0. The van der Waals surface area contributed by atoms with Crippen LogP contribution in [0.3, 0.4) is 0 Å². The van der Waals surface area contributed by atoms with Gasteiger partial charge in [0.1, 0.15) is 0 Å². The van der Waals surface area contributed by atoms with Crippen LogP contribution >= 0.6 is 0 Å². The van der Waals surface area contributed by atoms with Gasteiger partial charge in [0.2, 0.25) is 0 Å². The number of hydrogen-bond donors (Lipinski definition) is 1. The van der Waals surface area contributed by atoms with Crippen molar-refractivity contribution in [2.45, 2.75) is 58.0 Å². The van der Waals surface area contributed by atoms with E-state index in [1.54, 1.807) is 0 Å². The molecule has 1 atom stereocenters. The van der Waals surface area contributed by atoms with Gasteiger partial charge in [-0.25, -0.2) is 8.42 Å². The summed E-state index contributed by atoms with van der Waals surface area (Å²) < 4.78 is 30.8. The van der Waals surface area contributed by atoms with Gasteiger partial charge in [0.15, 0.2) is 0 Å². The Morgan fingerprint density at radius 2 is 1.69 bits per heavy atom. The molecular formula is C10H21KO4S. The molecule has 0 amide bonds. The minimum absolute atomic E-state index is 0. The summed E-state index contributed by atoms with van der Waals surface area (Å²) in [5, 5.41) is 9.46. The molecule has 0 rings (SSSR count). The zero-order chi connectivity index (χ0) is 11.7. The van der Waals surface area contributed by atoms with Crippen molar-refractivity contribution < 1.29 is 69.5 Å². The van der Waals surface area contributed by atoms with E-state index >= 15 is 0 Å². The standard InChI is InChI=1S/C10H22O4S.K/c1-2-3-7-10(11)8-5-4-6-9-15(12,13)14;/h10-11H,2-9H2,1H3,(H,12,13,14);/q;+1/p-1. The van der Waals surface area contributed by atoms with Gasteiger partial charge in [0, 0.05) is 5.75 Å². The molecule has 0 aliphatic carbocycles. The maximum absolute atomic E-state index is 10.3. The van der Waals surface area contributed by atoms with Crippen LogP contribution in [0.2, 0.25) is 0 Å². The van der Waals surface area contributed by atoms with E-state index in [-0.39, 0.29) is 63.2 Å². The van der Waals surface area contributed by atoms with Gasteiger partial charge < -0.3 is 9.66 Å². The first kappa shape index (κ1) is 19.8. The molecule has 92 valence electrons. The maximum atomic E-state index is 10.3. The first-order valence-corrected chi connectivity index (χ1v) is 7.15. The van der Waals surface area contributed by atoms with Gasteiger partial charge in [-0.1, -0.05) is 32.6 Å². The van der Waals surface area contributed by atoms with E-state index in [1.165, 1.54) is 0 Å². The predicted molar refractivity (Wildman–Crippen MR) is 58.6 cm³/mol. The third-order valence-electron chi connectivity index (χ3n) is 2.32. The molecule has 0 aliphatic rings. The van der Waals surface area contributed by atoms with Gasteiger partial charge in [0.25, 0.3) is 0 Å². The summed E-state index contributed by atoms with van der Waals surface area (Å²) in [4.78, 5) is 0. The van der Waals surface area contributed by atoms with E-state index in [4.69, 9.17) is 0 Å². The molecule has 1 N–H and O–H groups in total. The summed E-state index contributed by atoms with van der Waals surface area (Å²) in [5.74, 6) is -0.280. The average molecular weight is 276 g/mol. The fraction of sp³-hybridized carbons (Fsp3) is 1.00. The van der Waals surface area contributed by atoms with Crippen LogP contribution in [0.15, 0.2) is 0 Å². The molecule has 0 fully saturated rings. The Balaban J connectivity index is 0. The Hall–Kier alpha value is 1.51.